The lowest BCUT2D eigenvalue weighted by atomic mass is 9.76. The third kappa shape index (κ3) is 3.06. The summed E-state index contributed by atoms with van der Waals surface area (Å²) in [5.41, 5.74) is 2.26. The average Bonchev–Trinajstić information content (AvgIpc) is 2.47. The smallest absolute Gasteiger partial charge is 0.166 e. The molecule has 21 heavy (non-hydrogen) atoms. The number of ketones is 1. The summed E-state index contributed by atoms with van der Waals surface area (Å²) in [5.74, 6) is 0.622. The minimum absolute atomic E-state index is 0.244. The van der Waals surface area contributed by atoms with Gasteiger partial charge in [0.15, 0.2) is 5.78 Å². The number of benzene rings is 1. The first-order valence-corrected chi connectivity index (χ1v) is 8.54. The van der Waals surface area contributed by atoms with Gasteiger partial charge in [-0.1, -0.05) is 44.0 Å². The Morgan fingerprint density at radius 1 is 1.14 bits per heavy atom. The fourth-order valence-electron chi connectivity index (χ4n) is 4.19. The van der Waals surface area contributed by atoms with Gasteiger partial charge in [0.1, 0.15) is 0 Å². The second-order valence-electron chi connectivity index (χ2n) is 6.88. The van der Waals surface area contributed by atoms with Crippen molar-refractivity contribution in [2.24, 2.45) is 5.92 Å². The minimum atomic E-state index is 0.244. The zero-order valence-corrected chi connectivity index (χ0v) is 13.3. The highest BCUT2D eigenvalue weighted by Gasteiger charge is 2.38. The van der Waals surface area contributed by atoms with Gasteiger partial charge in [-0.3, -0.25) is 4.79 Å². The van der Waals surface area contributed by atoms with Crippen molar-refractivity contribution >= 4 is 5.78 Å². The quantitative estimate of drug-likeness (QED) is 0.777. The Bertz CT molecular complexity index is 479. The van der Waals surface area contributed by atoms with Gasteiger partial charge < -0.3 is 4.90 Å². The third-order valence-corrected chi connectivity index (χ3v) is 5.49. The molecule has 114 valence electrons. The molecule has 0 radical (unpaired) electrons. The van der Waals surface area contributed by atoms with E-state index >= 15 is 0 Å². The summed E-state index contributed by atoms with van der Waals surface area (Å²) in [6.45, 7) is 2.19. The zero-order valence-electron chi connectivity index (χ0n) is 13.3. The maximum Gasteiger partial charge on any atom is 0.166 e. The van der Waals surface area contributed by atoms with Gasteiger partial charge in [0.05, 0.1) is 0 Å². The first-order valence-electron chi connectivity index (χ1n) is 8.54. The number of piperidine rings is 2. The molecule has 0 saturated carbocycles. The van der Waals surface area contributed by atoms with Gasteiger partial charge in [-0.2, -0.15) is 0 Å². The Labute approximate surface area is 128 Å². The summed E-state index contributed by atoms with van der Waals surface area (Å²) in [7, 11) is 2.24. The Balaban J connectivity index is 1.70. The van der Waals surface area contributed by atoms with Crippen LogP contribution in [0.1, 0.15) is 61.4 Å². The lowest BCUT2D eigenvalue weighted by Gasteiger charge is -2.46. The van der Waals surface area contributed by atoms with Crippen LogP contribution >= 0.6 is 0 Å². The van der Waals surface area contributed by atoms with E-state index in [2.05, 4.69) is 31.0 Å². The molecule has 2 saturated heterocycles. The van der Waals surface area contributed by atoms with E-state index in [1.165, 1.54) is 24.8 Å². The van der Waals surface area contributed by atoms with Crippen LogP contribution in [0.3, 0.4) is 0 Å². The SMILES string of the molecule is CCCc1ccc(C(=O)C2CC3CCCC(C2)N3C)cc1. The van der Waals surface area contributed by atoms with Crippen LogP contribution in [0, 0.1) is 5.92 Å². The minimum Gasteiger partial charge on any atom is -0.300 e. The van der Waals surface area contributed by atoms with Crippen LogP contribution in [0.4, 0.5) is 0 Å². The number of Topliss-reactive ketones (excluding diaryl/α,β-unsaturated/α-hetero) is 1. The van der Waals surface area contributed by atoms with Crippen molar-refractivity contribution in [3.63, 3.8) is 0 Å². The summed E-state index contributed by atoms with van der Waals surface area (Å²) in [5, 5.41) is 0. The van der Waals surface area contributed by atoms with Crippen molar-refractivity contribution in [2.45, 2.75) is 64.0 Å². The molecule has 2 heterocycles. The molecule has 0 aromatic heterocycles. The molecule has 1 aromatic rings. The summed E-state index contributed by atoms with van der Waals surface area (Å²) in [4.78, 5) is 15.3. The molecule has 3 rings (SSSR count). The Morgan fingerprint density at radius 3 is 2.33 bits per heavy atom. The molecule has 2 fully saturated rings. The summed E-state index contributed by atoms with van der Waals surface area (Å²) >= 11 is 0. The molecule has 2 nitrogen and oxygen atoms in total. The number of carbonyl (C=O) groups is 1. The average molecular weight is 285 g/mol. The number of fused-ring (bicyclic) bond motifs is 2. The maximum atomic E-state index is 12.8. The number of aryl methyl sites for hydroxylation is 1. The predicted octanol–water partition coefficient (Wildman–Crippen LogP) is 4.08. The molecule has 2 aliphatic heterocycles. The standard InChI is InChI=1S/C19H27NO/c1-3-5-14-8-10-15(11-9-14)19(21)16-12-17-6-4-7-18(13-16)20(17)2/h8-11,16-18H,3-7,12-13H2,1-2H3. The van der Waals surface area contributed by atoms with Crippen molar-refractivity contribution in [3.8, 4) is 0 Å². The number of hydrogen-bond donors (Lipinski definition) is 0. The van der Waals surface area contributed by atoms with Crippen LogP contribution in [0.15, 0.2) is 24.3 Å². The van der Waals surface area contributed by atoms with Gasteiger partial charge in [0.25, 0.3) is 0 Å². The van der Waals surface area contributed by atoms with Crippen molar-refractivity contribution in [2.75, 3.05) is 7.05 Å². The van der Waals surface area contributed by atoms with Crippen LogP contribution in [0.25, 0.3) is 0 Å². The Hall–Kier alpha value is -1.15. The fraction of sp³-hybridized carbons (Fsp3) is 0.632. The van der Waals surface area contributed by atoms with E-state index in [0.717, 1.165) is 31.2 Å². The highest BCUT2D eigenvalue weighted by Crippen LogP contribution is 2.37. The van der Waals surface area contributed by atoms with Crippen molar-refractivity contribution in [1.82, 2.24) is 4.90 Å². The van der Waals surface area contributed by atoms with Gasteiger partial charge in [-0.15, -0.1) is 0 Å². The molecule has 0 N–H and O–H groups in total. The summed E-state index contributed by atoms with van der Waals surface area (Å²) < 4.78 is 0. The molecule has 0 spiro atoms. The van der Waals surface area contributed by atoms with Gasteiger partial charge in [-0.05, 0) is 44.7 Å². The van der Waals surface area contributed by atoms with Gasteiger partial charge >= 0.3 is 0 Å². The third-order valence-electron chi connectivity index (χ3n) is 5.49. The largest absolute Gasteiger partial charge is 0.300 e. The number of hydrogen-bond acceptors (Lipinski definition) is 2. The lowest BCUT2D eigenvalue weighted by Crippen LogP contribution is -2.51. The Morgan fingerprint density at radius 2 is 1.76 bits per heavy atom. The van der Waals surface area contributed by atoms with Gasteiger partial charge in [-0.25, -0.2) is 0 Å². The van der Waals surface area contributed by atoms with Crippen LogP contribution in [-0.2, 0) is 6.42 Å². The molecule has 2 atom stereocenters. The molecule has 1 aromatic carbocycles. The van der Waals surface area contributed by atoms with E-state index in [1.807, 2.05) is 12.1 Å². The zero-order chi connectivity index (χ0) is 14.8. The van der Waals surface area contributed by atoms with E-state index in [1.54, 1.807) is 0 Å². The van der Waals surface area contributed by atoms with Crippen LogP contribution < -0.4 is 0 Å². The number of carbonyl (C=O) groups excluding carboxylic acids is 1. The molecular weight excluding hydrogens is 258 g/mol. The molecule has 2 aliphatic rings. The van der Waals surface area contributed by atoms with E-state index < -0.39 is 0 Å². The molecule has 2 heteroatoms. The molecule has 0 amide bonds. The van der Waals surface area contributed by atoms with Crippen LogP contribution in [0.2, 0.25) is 0 Å². The normalized spacial score (nSPS) is 29.3. The first kappa shape index (κ1) is 14.8. The molecule has 0 aliphatic carbocycles. The van der Waals surface area contributed by atoms with Crippen LogP contribution in [0.5, 0.6) is 0 Å². The predicted molar refractivity (Wildman–Crippen MR) is 86.7 cm³/mol. The van der Waals surface area contributed by atoms with Gasteiger partial charge in [0.2, 0.25) is 0 Å². The van der Waals surface area contributed by atoms with Crippen LogP contribution in [-0.4, -0.2) is 29.8 Å². The topological polar surface area (TPSA) is 20.3 Å². The highest BCUT2D eigenvalue weighted by molar-refractivity contribution is 5.98. The molecule has 2 unspecified atom stereocenters. The van der Waals surface area contributed by atoms with Gasteiger partial charge in [0, 0.05) is 23.6 Å². The van der Waals surface area contributed by atoms with E-state index in [0.29, 0.717) is 17.9 Å². The maximum absolute atomic E-state index is 12.8. The number of rotatable bonds is 4. The van der Waals surface area contributed by atoms with Crippen molar-refractivity contribution in [3.05, 3.63) is 35.4 Å². The fourth-order valence-corrected chi connectivity index (χ4v) is 4.19. The van der Waals surface area contributed by atoms with Crippen molar-refractivity contribution < 1.29 is 4.79 Å². The molecule has 2 bridgehead atoms. The Kier molecular flexibility index (Phi) is 4.44. The monoisotopic (exact) mass is 285 g/mol. The lowest BCUT2D eigenvalue weighted by molar-refractivity contribution is 0.0338. The van der Waals surface area contributed by atoms with E-state index in [-0.39, 0.29) is 5.92 Å². The van der Waals surface area contributed by atoms with Crippen molar-refractivity contribution in [1.29, 1.82) is 0 Å². The summed E-state index contributed by atoms with van der Waals surface area (Å²) in [6, 6.07) is 9.61. The highest BCUT2D eigenvalue weighted by atomic mass is 16.1. The summed E-state index contributed by atoms with van der Waals surface area (Å²) in [6.07, 6.45) is 8.26. The molecular formula is C19H27NO. The van der Waals surface area contributed by atoms with E-state index in [4.69, 9.17) is 0 Å². The second kappa shape index (κ2) is 6.31. The van der Waals surface area contributed by atoms with E-state index in [9.17, 15) is 4.79 Å². The first-order chi connectivity index (χ1) is 10.2. The number of nitrogens with zero attached hydrogens (tertiary/aromatic N) is 1. The second-order valence-corrected chi connectivity index (χ2v) is 6.88.